The Morgan fingerprint density at radius 3 is 2.78 bits per heavy atom. The number of nitrogens with one attached hydrogen (secondary N) is 1. The van der Waals surface area contributed by atoms with Crippen molar-refractivity contribution in [3.63, 3.8) is 0 Å². The summed E-state index contributed by atoms with van der Waals surface area (Å²) in [5.74, 6) is -0.258. The first kappa shape index (κ1) is 17.2. The van der Waals surface area contributed by atoms with E-state index in [4.69, 9.17) is 0 Å². The van der Waals surface area contributed by atoms with Crippen LogP contribution in [0.2, 0.25) is 0 Å². The van der Waals surface area contributed by atoms with E-state index in [-0.39, 0.29) is 11.5 Å². The second kappa shape index (κ2) is 8.48. The van der Waals surface area contributed by atoms with Crippen molar-refractivity contribution < 1.29 is 4.79 Å². The number of hydrogen-bond acceptors (Lipinski definition) is 2. The number of carbonyl (C=O) groups is 1. The molecule has 0 saturated carbocycles. The summed E-state index contributed by atoms with van der Waals surface area (Å²) < 4.78 is 2.28. The molecule has 0 aliphatic rings. The van der Waals surface area contributed by atoms with Gasteiger partial charge in [-0.05, 0) is 36.3 Å². The van der Waals surface area contributed by atoms with Gasteiger partial charge in [0, 0.05) is 23.3 Å². The number of pyridine rings is 1. The Kier molecular flexibility index (Phi) is 6.35. The molecule has 2 rings (SSSR count). The van der Waals surface area contributed by atoms with Gasteiger partial charge in [-0.25, -0.2) is 0 Å². The highest BCUT2D eigenvalue weighted by Gasteiger charge is 2.12. The van der Waals surface area contributed by atoms with Crippen LogP contribution >= 0.6 is 15.9 Å². The smallest absolute Gasteiger partial charge is 0.268 e. The Morgan fingerprint density at radius 1 is 1.26 bits per heavy atom. The molecule has 23 heavy (non-hydrogen) atoms. The molecule has 5 heteroatoms. The zero-order valence-electron chi connectivity index (χ0n) is 13.0. The van der Waals surface area contributed by atoms with Gasteiger partial charge in [0.1, 0.15) is 5.70 Å². The monoisotopic (exact) mass is 374 g/mol. The minimum Gasteiger partial charge on any atom is -0.351 e. The van der Waals surface area contributed by atoms with E-state index in [0.29, 0.717) is 12.2 Å². The molecule has 4 nitrogen and oxygen atoms in total. The van der Waals surface area contributed by atoms with Gasteiger partial charge in [0.15, 0.2) is 0 Å². The average molecular weight is 375 g/mol. The van der Waals surface area contributed by atoms with Gasteiger partial charge in [0.25, 0.3) is 11.5 Å². The van der Waals surface area contributed by atoms with Crippen molar-refractivity contribution in [2.24, 2.45) is 0 Å². The maximum Gasteiger partial charge on any atom is 0.268 e. The van der Waals surface area contributed by atoms with E-state index >= 15 is 0 Å². The summed E-state index contributed by atoms with van der Waals surface area (Å²) >= 11 is 3.41. The zero-order valence-corrected chi connectivity index (χ0v) is 14.5. The van der Waals surface area contributed by atoms with Crippen molar-refractivity contribution >= 4 is 33.6 Å². The van der Waals surface area contributed by atoms with Gasteiger partial charge in [0.05, 0.1) is 0 Å². The Labute approximate surface area is 144 Å². The van der Waals surface area contributed by atoms with Gasteiger partial charge >= 0.3 is 0 Å². The molecule has 1 aromatic carbocycles. The van der Waals surface area contributed by atoms with Crippen LogP contribution < -0.4 is 10.9 Å². The fourth-order valence-corrected chi connectivity index (χ4v) is 2.51. The van der Waals surface area contributed by atoms with Gasteiger partial charge < -0.3 is 5.32 Å². The summed E-state index contributed by atoms with van der Waals surface area (Å²) in [6.45, 7) is 2.65. The van der Waals surface area contributed by atoms with E-state index < -0.39 is 0 Å². The fraction of sp³-hybridized carbons (Fsp3) is 0.222. The summed E-state index contributed by atoms with van der Waals surface area (Å²) in [4.78, 5) is 24.6. The van der Waals surface area contributed by atoms with Crippen LogP contribution in [0.25, 0.3) is 11.8 Å². The predicted octanol–water partition coefficient (Wildman–Crippen LogP) is 3.53. The topological polar surface area (TPSA) is 51.1 Å². The Hall–Kier alpha value is -2.14. The molecule has 120 valence electrons. The van der Waals surface area contributed by atoms with E-state index in [1.165, 1.54) is 10.6 Å². The predicted molar refractivity (Wildman–Crippen MR) is 96.9 cm³/mol. The zero-order chi connectivity index (χ0) is 16.7. The van der Waals surface area contributed by atoms with E-state index in [2.05, 4.69) is 28.2 Å². The third kappa shape index (κ3) is 4.93. The lowest BCUT2D eigenvalue weighted by Gasteiger charge is -2.11. The first-order chi connectivity index (χ1) is 11.1. The summed E-state index contributed by atoms with van der Waals surface area (Å²) in [6, 6.07) is 12.4. The van der Waals surface area contributed by atoms with Crippen LogP contribution in [0.4, 0.5) is 0 Å². The molecule has 1 aromatic heterocycles. The Morgan fingerprint density at radius 2 is 2.09 bits per heavy atom. The largest absolute Gasteiger partial charge is 0.351 e. The number of rotatable bonds is 6. The van der Waals surface area contributed by atoms with Crippen LogP contribution in [0.3, 0.4) is 0 Å². The molecule has 1 amide bonds. The lowest BCUT2D eigenvalue weighted by atomic mass is 10.2. The number of benzene rings is 1. The highest BCUT2D eigenvalue weighted by Crippen LogP contribution is 2.16. The number of amides is 1. The number of carbonyl (C=O) groups excluding carboxylic acids is 1. The second-order valence-corrected chi connectivity index (χ2v) is 6.02. The maximum absolute atomic E-state index is 12.5. The quantitative estimate of drug-likeness (QED) is 0.621. The van der Waals surface area contributed by atoms with Crippen molar-refractivity contribution in [1.29, 1.82) is 0 Å². The highest BCUT2D eigenvalue weighted by atomic mass is 79.9. The van der Waals surface area contributed by atoms with Gasteiger partial charge in [-0.2, -0.15) is 0 Å². The normalized spacial score (nSPS) is 11.3. The summed E-state index contributed by atoms with van der Waals surface area (Å²) in [7, 11) is 0. The molecule has 0 fully saturated rings. The molecule has 2 aromatic rings. The SMILES string of the molecule is CCCCNC(=O)/C(=C\c1cccc(Br)c1)n1ccccc1=O. The average Bonchev–Trinajstić information content (AvgIpc) is 2.53. The van der Waals surface area contributed by atoms with Crippen molar-refractivity contribution in [1.82, 2.24) is 9.88 Å². The molecule has 0 bridgehead atoms. The summed E-state index contributed by atoms with van der Waals surface area (Å²) in [5.41, 5.74) is 0.917. The van der Waals surface area contributed by atoms with Gasteiger partial charge in [0.2, 0.25) is 0 Å². The van der Waals surface area contributed by atoms with Crippen molar-refractivity contribution in [2.75, 3.05) is 6.54 Å². The van der Waals surface area contributed by atoms with Crippen LogP contribution in [-0.2, 0) is 4.79 Å². The van der Waals surface area contributed by atoms with E-state index in [1.807, 2.05) is 24.3 Å². The summed E-state index contributed by atoms with van der Waals surface area (Å²) in [5, 5.41) is 2.87. The molecule has 0 aliphatic carbocycles. The molecular weight excluding hydrogens is 356 g/mol. The lowest BCUT2D eigenvalue weighted by Crippen LogP contribution is -2.31. The Bertz CT molecular complexity index is 765. The van der Waals surface area contributed by atoms with Crippen LogP contribution in [0.1, 0.15) is 25.3 Å². The molecule has 0 aliphatic heterocycles. The van der Waals surface area contributed by atoms with Crippen LogP contribution in [0, 0.1) is 0 Å². The molecule has 1 N–H and O–H groups in total. The number of halogens is 1. The molecule has 0 radical (unpaired) electrons. The molecule has 0 atom stereocenters. The fourth-order valence-electron chi connectivity index (χ4n) is 2.09. The number of hydrogen-bond donors (Lipinski definition) is 1. The maximum atomic E-state index is 12.5. The summed E-state index contributed by atoms with van der Waals surface area (Å²) in [6.07, 6.45) is 5.22. The third-order valence-electron chi connectivity index (χ3n) is 3.28. The first-order valence-electron chi connectivity index (χ1n) is 7.55. The van der Waals surface area contributed by atoms with Gasteiger partial charge in [-0.1, -0.05) is 47.5 Å². The number of nitrogens with zero attached hydrogens (tertiary/aromatic N) is 1. The minimum atomic E-state index is -0.258. The van der Waals surface area contributed by atoms with Crippen molar-refractivity contribution in [2.45, 2.75) is 19.8 Å². The van der Waals surface area contributed by atoms with Crippen molar-refractivity contribution in [3.05, 3.63) is 69.1 Å². The molecule has 0 unspecified atom stereocenters. The lowest BCUT2D eigenvalue weighted by molar-refractivity contribution is -0.115. The van der Waals surface area contributed by atoms with E-state index in [0.717, 1.165) is 22.9 Å². The second-order valence-electron chi connectivity index (χ2n) is 5.10. The third-order valence-corrected chi connectivity index (χ3v) is 3.78. The highest BCUT2D eigenvalue weighted by molar-refractivity contribution is 9.10. The van der Waals surface area contributed by atoms with Crippen molar-refractivity contribution in [3.8, 4) is 0 Å². The van der Waals surface area contributed by atoms with E-state index in [9.17, 15) is 9.59 Å². The van der Waals surface area contributed by atoms with Gasteiger partial charge in [-0.15, -0.1) is 0 Å². The molecule has 0 saturated heterocycles. The van der Waals surface area contributed by atoms with E-state index in [1.54, 1.807) is 24.4 Å². The minimum absolute atomic E-state index is 0.237. The number of unbranched alkanes of at least 4 members (excludes halogenated alkanes) is 1. The van der Waals surface area contributed by atoms with Gasteiger partial charge in [-0.3, -0.25) is 14.2 Å². The molecule has 0 spiro atoms. The number of aromatic nitrogens is 1. The molecular formula is C18H19BrN2O2. The standard InChI is InChI=1S/C18H19BrN2O2/c1-2-3-10-20-18(23)16(21-11-5-4-9-17(21)22)13-14-7-6-8-15(19)12-14/h4-9,11-13H,2-3,10H2,1H3,(H,20,23)/b16-13+. The molecule has 1 heterocycles. The van der Waals surface area contributed by atoms with Crippen LogP contribution in [-0.4, -0.2) is 17.0 Å². The van der Waals surface area contributed by atoms with Crippen LogP contribution in [0.5, 0.6) is 0 Å². The Balaban J connectivity index is 2.41. The first-order valence-corrected chi connectivity index (χ1v) is 8.34. The van der Waals surface area contributed by atoms with Crippen LogP contribution in [0.15, 0.2) is 57.9 Å².